The number of ether oxygens (including phenoxy) is 2. The first kappa shape index (κ1) is 15.7. The summed E-state index contributed by atoms with van der Waals surface area (Å²) in [5.41, 5.74) is 1.97. The Hall–Kier alpha value is -0.650. The predicted octanol–water partition coefficient (Wildman–Crippen LogP) is 5.27. The summed E-state index contributed by atoms with van der Waals surface area (Å²) in [6.45, 7) is 0.438. The Morgan fingerprint density at radius 3 is 2.40 bits per heavy atom. The van der Waals surface area contributed by atoms with Crippen molar-refractivity contribution in [1.82, 2.24) is 0 Å². The summed E-state index contributed by atoms with van der Waals surface area (Å²) in [5.74, 6) is 1.52. The zero-order chi connectivity index (χ0) is 14.5. The quantitative estimate of drug-likeness (QED) is 0.482. The summed E-state index contributed by atoms with van der Waals surface area (Å²) in [6.07, 6.45) is 0. The van der Waals surface area contributed by atoms with Crippen LogP contribution in [0.2, 0.25) is 5.02 Å². The van der Waals surface area contributed by atoms with E-state index in [1.807, 2.05) is 30.3 Å². The number of hydrogen-bond donors (Lipinski definition) is 0. The Bertz CT molecular complexity index is 585. The van der Waals surface area contributed by atoms with Crippen molar-refractivity contribution in [2.45, 2.75) is 12.5 Å². The first-order chi connectivity index (χ1) is 9.63. The number of benzene rings is 2. The van der Waals surface area contributed by atoms with Gasteiger partial charge in [-0.15, -0.1) is 11.6 Å². The molecule has 0 unspecified atom stereocenters. The summed E-state index contributed by atoms with van der Waals surface area (Å²) in [7, 11) is 1.58. The van der Waals surface area contributed by atoms with Crippen molar-refractivity contribution in [2.24, 2.45) is 0 Å². The van der Waals surface area contributed by atoms with Gasteiger partial charge < -0.3 is 9.47 Å². The van der Waals surface area contributed by atoms with Crippen LogP contribution in [0.5, 0.6) is 11.5 Å². The lowest BCUT2D eigenvalue weighted by molar-refractivity contribution is 0.284. The van der Waals surface area contributed by atoms with Crippen molar-refractivity contribution in [2.75, 3.05) is 7.11 Å². The topological polar surface area (TPSA) is 18.5 Å². The number of methoxy groups -OCH3 is 1. The number of alkyl halides is 1. The van der Waals surface area contributed by atoms with Gasteiger partial charge >= 0.3 is 0 Å². The van der Waals surface area contributed by atoms with Crippen molar-refractivity contribution in [3.8, 4) is 11.5 Å². The third-order valence-electron chi connectivity index (χ3n) is 2.74. The maximum atomic E-state index is 6.22. The maximum absolute atomic E-state index is 6.22. The molecule has 0 aliphatic carbocycles. The van der Waals surface area contributed by atoms with Gasteiger partial charge in [-0.2, -0.15) is 0 Å². The average molecular weight is 423 g/mol. The Kier molecular flexibility index (Phi) is 5.81. The minimum Gasteiger partial charge on any atom is -0.493 e. The summed E-state index contributed by atoms with van der Waals surface area (Å²) in [4.78, 5) is 0. The van der Waals surface area contributed by atoms with Gasteiger partial charge in [0.05, 0.1) is 12.1 Å². The summed E-state index contributed by atoms with van der Waals surface area (Å²) < 4.78 is 12.3. The lowest BCUT2D eigenvalue weighted by atomic mass is 10.2. The molecule has 0 aliphatic rings. The third kappa shape index (κ3) is 3.93. The Morgan fingerprint density at radius 1 is 1.10 bits per heavy atom. The van der Waals surface area contributed by atoms with Crippen LogP contribution >= 0.6 is 45.8 Å². The molecule has 106 valence electrons. The van der Waals surface area contributed by atoms with E-state index in [2.05, 4.69) is 22.6 Å². The van der Waals surface area contributed by atoms with Crippen LogP contribution in [-0.2, 0) is 12.5 Å². The average Bonchev–Trinajstić information content (AvgIpc) is 2.47. The monoisotopic (exact) mass is 422 g/mol. The van der Waals surface area contributed by atoms with Gasteiger partial charge in [0.2, 0.25) is 0 Å². The standard InChI is InChI=1S/C15H13Cl2IO2/c1-19-14-7-11(8-16)6-13(17)15(14)20-9-10-2-4-12(18)5-3-10/h2-7H,8-9H2,1H3. The van der Waals surface area contributed by atoms with Gasteiger partial charge in [0.1, 0.15) is 6.61 Å². The molecule has 0 spiro atoms. The van der Waals surface area contributed by atoms with Crippen LogP contribution in [0, 0.1) is 3.57 Å². The van der Waals surface area contributed by atoms with E-state index in [0.717, 1.165) is 11.1 Å². The van der Waals surface area contributed by atoms with E-state index in [1.54, 1.807) is 13.2 Å². The largest absolute Gasteiger partial charge is 0.493 e. The fourth-order valence-corrected chi connectivity index (χ4v) is 2.53. The molecule has 2 aromatic rings. The molecule has 2 aromatic carbocycles. The molecule has 0 heterocycles. The molecule has 0 N–H and O–H groups in total. The second-order valence-electron chi connectivity index (χ2n) is 4.16. The zero-order valence-corrected chi connectivity index (χ0v) is 14.5. The van der Waals surface area contributed by atoms with Gasteiger partial charge in [-0.05, 0) is 58.0 Å². The van der Waals surface area contributed by atoms with Crippen LogP contribution < -0.4 is 9.47 Å². The molecule has 0 atom stereocenters. The van der Waals surface area contributed by atoms with E-state index < -0.39 is 0 Å². The Balaban J connectivity index is 2.18. The van der Waals surface area contributed by atoms with E-state index in [1.165, 1.54) is 3.57 Å². The Morgan fingerprint density at radius 2 is 1.80 bits per heavy atom. The smallest absolute Gasteiger partial charge is 0.180 e. The normalized spacial score (nSPS) is 10.4. The summed E-state index contributed by atoms with van der Waals surface area (Å²) in [5, 5.41) is 0.505. The SMILES string of the molecule is COc1cc(CCl)cc(Cl)c1OCc1ccc(I)cc1. The first-order valence-corrected chi connectivity index (χ1v) is 7.92. The van der Waals surface area contributed by atoms with Gasteiger partial charge in [-0.1, -0.05) is 23.7 Å². The molecule has 0 bridgehead atoms. The van der Waals surface area contributed by atoms with Gasteiger partial charge in [0.15, 0.2) is 11.5 Å². The number of rotatable bonds is 5. The molecule has 0 aliphatic heterocycles. The van der Waals surface area contributed by atoms with Crippen LogP contribution in [0.15, 0.2) is 36.4 Å². The number of halogens is 3. The summed E-state index contributed by atoms with van der Waals surface area (Å²) in [6, 6.07) is 11.7. The molecule has 5 heteroatoms. The second kappa shape index (κ2) is 7.38. The lowest BCUT2D eigenvalue weighted by Crippen LogP contribution is -1.99. The predicted molar refractivity (Wildman–Crippen MR) is 91.1 cm³/mol. The van der Waals surface area contributed by atoms with E-state index >= 15 is 0 Å². The van der Waals surface area contributed by atoms with E-state index in [4.69, 9.17) is 32.7 Å². The highest BCUT2D eigenvalue weighted by atomic mass is 127. The van der Waals surface area contributed by atoms with Gasteiger partial charge in [0, 0.05) is 9.45 Å². The fraction of sp³-hybridized carbons (Fsp3) is 0.200. The molecular formula is C15H13Cl2IO2. The molecule has 0 saturated carbocycles. The lowest BCUT2D eigenvalue weighted by Gasteiger charge is -2.13. The highest BCUT2D eigenvalue weighted by Crippen LogP contribution is 2.37. The molecule has 2 rings (SSSR count). The number of hydrogen-bond acceptors (Lipinski definition) is 2. The molecule has 0 saturated heterocycles. The molecule has 20 heavy (non-hydrogen) atoms. The van der Waals surface area contributed by atoms with Gasteiger partial charge in [0.25, 0.3) is 0 Å². The maximum Gasteiger partial charge on any atom is 0.180 e. The van der Waals surface area contributed by atoms with Gasteiger partial charge in [-0.25, -0.2) is 0 Å². The van der Waals surface area contributed by atoms with Crippen LogP contribution in [0.25, 0.3) is 0 Å². The van der Waals surface area contributed by atoms with Gasteiger partial charge in [-0.3, -0.25) is 0 Å². The fourth-order valence-electron chi connectivity index (χ4n) is 1.73. The second-order valence-corrected chi connectivity index (χ2v) is 6.08. The summed E-state index contributed by atoms with van der Waals surface area (Å²) >= 11 is 14.3. The molecule has 2 nitrogen and oxygen atoms in total. The first-order valence-electron chi connectivity index (χ1n) is 5.93. The van der Waals surface area contributed by atoms with E-state index in [9.17, 15) is 0 Å². The van der Waals surface area contributed by atoms with Crippen LogP contribution in [0.1, 0.15) is 11.1 Å². The van der Waals surface area contributed by atoms with Crippen molar-refractivity contribution < 1.29 is 9.47 Å². The van der Waals surface area contributed by atoms with Crippen LogP contribution in [-0.4, -0.2) is 7.11 Å². The molecule has 0 amide bonds. The van der Waals surface area contributed by atoms with Crippen molar-refractivity contribution in [3.63, 3.8) is 0 Å². The minimum absolute atomic E-state index is 0.382. The molecular weight excluding hydrogens is 410 g/mol. The van der Waals surface area contributed by atoms with Crippen LogP contribution in [0.3, 0.4) is 0 Å². The zero-order valence-electron chi connectivity index (χ0n) is 10.8. The Labute approximate surface area is 142 Å². The van der Waals surface area contributed by atoms with Crippen molar-refractivity contribution in [1.29, 1.82) is 0 Å². The highest BCUT2D eigenvalue weighted by Gasteiger charge is 2.12. The van der Waals surface area contributed by atoms with Crippen molar-refractivity contribution in [3.05, 3.63) is 56.1 Å². The molecule has 0 aromatic heterocycles. The van der Waals surface area contributed by atoms with Crippen molar-refractivity contribution >= 4 is 45.8 Å². The van der Waals surface area contributed by atoms with E-state index in [0.29, 0.717) is 29.0 Å². The van der Waals surface area contributed by atoms with E-state index in [-0.39, 0.29) is 0 Å². The molecule has 0 radical (unpaired) electrons. The van der Waals surface area contributed by atoms with Crippen LogP contribution in [0.4, 0.5) is 0 Å². The minimum atomic E-state index is 0.382. The third-order valence-corrected chi connectivity index (χ3v) is 4.05. The molecule has 0 fully saturated rings. The highest BCUT2D eigenvalue weighted by molar-refractivity contribution is 14.1.